The van der Waals surface area contributed by atoms with Gasteiger partial charge in [-0.25, -0.2) is 4.79 Å². The molecule has 0 aliphatic heterocycles. The Morgan fingerprint density at radius 2 is 1.41 bits per heavy atom. The van der Waals surface area contributed by atoms with Crippen molar-refractivity contribution in [3.05, 3.63) is 0 Å². The first kappa shape index (κ1) is 24.4. The number of unbranched alkanes of at least 4 members (excludes halogenated alkanes) is 8. The molecule has 0 aromatic rings. The van der Waals surface area contributed by atoms with Gasteiger partial charge in [0.05, 0.1) is 0 Å². The predicted molar refractivity (Wildman–Crippen MR) is 86.9 cm³/mol. The van der Waals surface area contributed by atoms with Crippen LogP contribution < -0.4 is 35.3 Å². The summed E-state index contributed by atoms with van der Waals surface area (Å²) in [6, 6.07) is -0.711. The molecule has 0 aromatic carbocycles. The average molecular weight is 323 g/mol. The van der Waals surface area contributed by atoms with Crippen LogP contribution in [-0.2, 0) is 14.3 Å². The third kappa shape index (κ3) is 13.7. The zero-order valence-electron chi connectivity index (χ0n) is 16.0. The molecule has 4 nitrogen and oxygen atoms in total. The monoisotopic (exact) mass is 323 g/mol. The van der Waals surface area contributed by atoms with E-state index in [2.05, 4.69) is 6.92 Å². The van der Waals surface area contributed by atoms with Crippen LogP contribution in [0.4, 0.5) is 0 Å². The summed E-state index contributed by atoms with van der Waals surface area (Å²) in [5.74, 6) is -1.07. The van der Waals surface area contributed by atoms with Gasteiger partial charge >= 0.3 is 41.5 Å². The molecule has 22 heavy (non-hydrogen) atoms. The molecule has 0 bridgehead atoms. The Balaban J connectivity index is -0.00000200. The minimum Gasteiger partial charge on any atom is -1.00 e. The number of esters is 2. The molecule has 2 N–H and O–H groups in total. The van der Waals surface area contributed by atoms with E-state index in [1.54, 1.807) is 0 Å². The maximum absolute atomic E-state index is 11.5. The van der Waals surface area contributed by atoms with Crippen molar-refractivity contribution in [1.29, 1.82) is 0 Å². The topological polar surface area (TPSA) is 69.4 Å². The van der Waals surface area contributed by atoms with E-state index in [0.717, 1.165) is 19.3 Å². The van der Waals surface area contributed by atoms with E-state index in [-0.39, 0.29) is 36.9 Å². The summed E-state index contributed by atoms with van der Waals surface area (Å²) >= 11 is 0. The summed E-state index contributed by atoms with van der Waals surface area (Å²) in [4.78, 5) is 23.0. The van der Waals surface area contributed by atoms with Crippen LogP contribution in [0.25, 0.3) is 0 Å². The molecule has 0 aromatic heterocycles. The van der Waals surface area contributed by atoms with Crippen LogP contribution in [0.15, 0.2) is 0 Å². The molecular weight excluding hydrogens is 289 g/mol. The Kier molecular flexibility index (Phi) is 17.7. The molecule has 0 heterocycles. The minimum atomic E-state index is -0.711. The molecular formula is C17H34NNaO3. The van der Waals surface area contributed by atoms with Gasteiger partial charge in [0.1, 0.15) is 6.04 Å². The molecule has 0 fully saturated rings. The molecule has 0 rings (SSSR count). The third-order valence-electron chi connectivity index (χ3n) is 3.69. The summed E-state index contributed by atoms with van der Waals surface area (Å²) < 4.78 is 4.74. The van der Waals surface area contributed by atoms with Gasteiger partial charge in [0.15, 0.2) is 0 Å². The van der Waals surface area contributed by atoms with E-state index in [1.807, 2.05) is 13.8 Å². The summed E-state index contributed by atoms with van der Waals surface area (Å²) in [7, 11) is 0. The van der Waals surface area contributed by atoms with Crippen molar-refractivity contribution in [1.82, 2.24) is 0 Å². The van der Waals surface area contributed by atoms with Gasteiger partial charge in [-0.3, -0.25) is 4.79 Å². The molecule has 0 aliphatic rings. The number of carbonyl (C=O) groups is 2. The van der Waals surface area contributed by atoms with Gasteiger partial charge in [-0.1, -0.05) is 72.1 Å². The molecule has 1 unspecified atom stereocenters. The SMILES string of the molecule is CCCCCCCCCCCC(=O)OC(=O)C(N)C(C)C.[H-].[Na+]. The van der Waals surface area contributed by atoms with Gasteiger partial charge in [0, 0.05) is 6.42 Å². The summed E-state index contributed by atoms with van der Waals surface area (Å²) in [5, 5.41) is 0. The van der Waals surface area contributed by atoms with Gasteiger partial charge in [-0.05, 0) is 12.3 Å². The fraction of sp³-hybridized carbons (Fsp3) is 0.882. The van der Waals surface area contributed by atoms with Crippen molar-refractivity contribution in [3.63, 3.8) is 0 Å². The molecule has 0 spiro atoms. The summed E-state index contributed by atoms with van der Waals surface area (Å²) in [6.07, 6.45) is 11.1. The van der Waals surface area contributed by atoms with E-state index in [4.69, 9.17) is 10.5 Å². The third-order valence-corrected chi connectivity index (χ3v) is 3.69. The van der Waals surface area contributed by atoms with Crippen LogP contribution in [0.5, 0.6) is 0 Å². The average Bonchev–Trinajstić information content (AvgIpc) is 2.44. The molecule has 5 heteroatoms. The predicted octanol–water partition coefficient (Wildman–Crippen LogP) is 1.08. The molecule has 0 saturated heterocycles. The Morgan fingerprint density at radius 3 is 1.86 bits per heavy atom. The second kappa shape index (κ2) is 16.0. The van der Waals surface area contributed by atoms with Crippen molar-refractivity contribution in [3.8, 4) is 0 Å². The standard InChI is InChI=1S/C17H33NO3.Na.H/c1-4-5-6-7-8-9-10-11-12-13-15(19)21-17(20)16(18)14(2)3;;/h14,16H,4-13,18H2,1-3H3;;/q;+1;-1. The van der Waals surface area contributed by atoms with Crippen LogP contribution in [0.2, 0.25) is 0 Å². The molecule has 126 valence electrons. The molecule has 0 saturated carbocycles. The Morgan fingerprint density at radius 1 is 0.955 bits per heavy atom. The van der Waals surface area contributed by atoms with Crippen molar-refractivity contribution < 1.29 is 45.3 Å². The number of rotatable bonds is 12. The Labute approximate surface area is 159 Å². The smallest absolute Gasteiger partial charge is 1.00 e. The minimum absolute atomic E-state index is 0. The summed E-state index contributed by atoms with van der Waals surface area (Å²) in [6.45, 7) is 5.88. The maximum atomic E-state index is 11.5. The fourth-order valence-corrected chi connectivity index (χ4v) is 2.08. The van der Waals surface area contributed by atoms with Gasteiger partial charge < -0.3 is 11.9 Å². The summed E-state index contributed by atoms with van der Waals surface area (Å²) in [5.41, 5.74) is 5.63. The number of nitrogens with two attached hydrogens (primary N) is 1. The molecule has 1 atom stereocenters. The number of ether oxygens (including phenoxy) is 1. The van der Waals surface area contributed by atoms with E-state index >= 15 is 0 Å². The zero-order chi connectivity index (χ0) is 16.1. The van der Waals surface area contributed by atoms with Crippen LogP contribution in [0.1, 0.15) is 86.4 Å². The van der Waals surface area contributed by atoms with Crippen LogP contribution in [0, 0.1) is 5.92 Å². The quantitative estimate of drug-likeness (QED) is 0.252. The van der Waals surface area contributed by atoms with E-state index in [0.29, 0.717) is 6.42 Å². The van der Waals surface area contributed by atoms with Crippen LogP contribution >= 0.6 is 0 Å². The number of hydrogen-bond acceptors (Lipinski definition) is 4. The zero-order valence-corrected chi connectivity index (χ0v) is 17.0. The van der Waals surface area contributed by atoms with Crippen LogP contribution in [-0.4, -0.2) is 18.0 Å². The Hall–Kier alpha value is 0.1000. The van der Waals surface area contributed by atoms with Gasteiger partial charge in [-0.15, -0.1) is 0 Å². The van der Waals surface area contributed by atoms with Crippen molar-refractivity contribution >= 4 is 11.9 Å². The first-order valence-corrected chi connectivity index (χ1v) is 8.49. The van der Waals surface area contributed by atoms with Crippen LogP contribution in [0.3, 0.4) is 0 Å². The van der Waals surface area contributed by atoms with Gasteiger partial charge in [0.2, 0.25) is 0 Å². The molecule has 0 aliphatic carbocycles. The van der Waals surface area contributed by atoms with Gasteiger partial charge in [0.25, 0.3) is 0 Å². The normalized spacial score (nSPS) is 11.9. The van der Waals surface area contributed by atoms with E-state index in [9.17, 15) is 9.59 Å². The van der Waals surface area contributed by atoms with E-state index in [1.165, 1.54) is 38.5 Å². The largest absolute Gasteiger partial charge is 1.00 e. The molecule has 0 radical (unpaired) electrons. The second-order valence-electron chi connectivity index (χ2n) is 6.14. The number of hydrogen-bond donors (Lipinski definition) is 1. The molecule has 0 amide bonds. The van der Waals surface area contributed by atoms with Crippen molar-refractivity contribution in [2.24, 2.45) is 11.7 Å². The first-order valence-electron chi connectivity index (χ1n) is 8.49. The second-order valence-corrected chi connectivity index (χ2v) is 6.14. The first-order chi connectivity index (χ1) is 9.99. The van der Waals surface area contributed by atoms with Crippen molar-refractivity contribution in [2.45, 2.75) is 91.0 Å². The number of carbonyl (C=O) groups excluding carboxylic acids is 2. The maximum Gasteiger partial charge on any atom is 1.00 e. The van der Waals surface area contributed by atoms with Crippen molar-refractivity contribution in [2.75, 3.05) is 0 Å². The Bertz CT molecular complexity index is 302. The fourth-order valence-electron chi connectivity index (χ4n) is 2.08. The van der Waals surface area contributed by atoms with E-state index < -0.39 is 18.0 Å². The van der Waals surface area contributed by atoms with Gasteiger partial charge in [-0.2, -0.15) is 0 Å².